The van der Waals surface area contributed by atoms with Gasteiger partial charge >= 0.3 is 0 Å². The maximum atomic E-state index is 12.3. The molecule has 0 saturated heterocycles. The monoisotopic (exact) mass is 291 g/mol. The van der Waals surface area contributed by atoms with E-state index in [1.54, 1.807) is 12.1 Å². The summed E-state index contributed by atoms with van der Waals surface area (Å²) >= 11 is 0.934. The summed E-state index contributed by atoms with van der Waals surface area (Å²) in [5.74, 6) is 0. The van der Waals surface area contributed by atoms with Crippen molar-refractivity contribution in [1.82, 2.24) is 9.97 Å². The van der Waals surface area contributed by atoms with E-state index in [2.05, 4.69) is 9.97 Å². The highest BCUT2D eigenvalue weighted by molar-refractivity contribution is 7.93. The molecule has 0 unspecified atom stereocenters. The second kappa shape index (κ2) is 4.29. The van der Waals surface area contributed by atoms with E-state index < -0.39 is 9.84 Å². The Labute approximate surface area is 113 Å². The van der Waals surface area contributed by atoms with Crippen LogP contribution in [-0.2, 0) is 9.84 Å². The Balaban J connectivity index is 2.18. The van der Waals surface area contributed by atoms with Gasteiger partial charge in [0.15, 0.2) is 10.2 Å². The summed E-state index contributed by atoms with van der Waals surface area (Å²) in [4.78, 5) is 7.94. The van der Waals surface area contributed by atoms with Gasteiger partial charge in [-0.15, -0.1) is 0 Å². The van der Waals surface area contributed by atoms with E-state index in [9.17, 15) is 8.42 Å². The fraction of sp³-hybridized carbons (Fsp3) is 0. The van der Waals surface area contributed by atoms with Crippen LogP contribution in [0.1, 0.15) is 0 Å². The van der Waals surface area contributed by atoms with Crippen molar-refractivity contribution in [1.29, 1.82) is 0 Å². The number of benzene rings is 1. The molecule has 2 N–H and O–H groups in total. The second-order valence-corrected chi connectivity index (χ2v) is 7.05. The fourth-order valence-corrected chi connectivity index (χ4v) is 3.93. The van der Waals surface area contributed by atoms with Crippen LogP contribution in [0, 0.1) is 0 Å². The van der Waals surface area contributed by atoms with Crippen LogP contribution < -0.4 is 5.73 Å². The third kappa shape index (κ3) is 2.06. The van der Waals surface area contributed by atoms with Gasteiger partial charge in [-0.25, -0.2) is 18.4 Å². The lowest BCUT2D eigenvalue weighted by molar-refractivity contribution is 0.594. The first-order chi connectivity index (χ1) is 9.07. The number of sulfone groups is 1. The average molecular weight is 291 g/mol. The molecule has 2 aromatic heterocycles. The van der Waals surface area contributed by atoms with Crippen molar-refractivity contribution in [2.24, 2.45) is 0 Å². The Morgan fingerprint density at radius 2 is 1.89 bits per heavy atom. The van der Waals surface area contributed by atoms with E-state index in [-0.39, 0.29) is 14.4 Å². The lowest BCUT2D eigenvalue weighted by Crippen LogP contribution is -2.02. The number of rotatable bonds is 2. The van der Waals surface area contributed by atoms with E-state index in [0.29, 0.717) is 5.52 Å². The number of nitrogens with zero attached hydrogens (tertiary/aromatic N) is 2. The molecule has 7 heteroatoms. The molecule has 0 amide bonds. The van der Waals surface area contributed by atoms with Gasteiger partial charge in [0.1, 0.15) is 4.21 Å². The number of aromatic nitrogens is 2. The third-order valence-corrected chi connectivity index (χ3v) is 5.56. The number of hydrogen-bond acceptors (Lipinski definition) is 6. The van der Waals surface area contributed by atoms with Gasteiger partial charge in [-0.2, -0.15) is 0 Å². The van der Waals surface area contributed by atoms with Crippen molar-refractivity contribution in [3.63, 3.8) is 0 Å². The van der Waals surface area contributed by atoms with E-state index in [4.69, 9.17) is 5.73 Å². The van der Waals surface area contributed by atoms with Crippen molar-refractivity contribution >= 4 is 37.2 Å². The number of hydrogen-bond donors (Lipinski definition) is 1. The predicted molar refractivity (Wildman–Crippen MR) is 73.7 cm³/mol. The lowest BCUT2D eigenvalue weighted by Gasteiger charge is -2.02. The summed E-state index contributed by atoms with van der Waals surface area (Å²) in [7, 11) is -3.64. The Hall–Kier alpha value is -1.99. The predicted octanol–water partition coefficient (Wildman–Crippen LogP) is 2.11. The van der Waals surface area contributed by atoms with Gasteiger partial charge in [-0.3, -0.25) is 0 Å². The van der Waals surface area contributed by atoms with Gasteiger partial charge in [-0.1, -0.05) is 29.5 Å². The molecule has 0 aliphatic heterocycles. The van der Waals surface area contributed by atoms with Crippen LogP contribution in [0.5, 0.6) is 0 Å². The van der Waals surface area contributed by atoms with Gasteiger partial charge in [0.05, 0.1) is 11.7 Å². The van der Waals surface area contributed by atoms with Crippen molar-refractivity contribution in [3.05, 3.63) is 42.6 Å². The number of pyridine rings is 1. The maximum absolute atomic E-state index is 12.3. The fourth-order valence-electron chi connectivity index (χ4n) is 1.70. The quantitative estimate of drug-likeness (QED) is 0.781. The van der Waals surface area contributed by atoms with E-state index in [1.807, 2.05) is 18.2 Å². The molecule has 5 nitrogen and oxygen atoms in total. The number of anilines is 1. The minimum atomic E-state index is -3.64. The van der Waals surface area contributed by atoms with Crippen LogP contribution in [0.2, 0.25) is 0 Å². The van der Waals surface area contributed by atoms with Crippen LogP contribution in [0.25, 0.3) is 10.9 Å². The molecule has 0 saturated carbocycles. The molecule has 0 aliphatic carbocycles. The van der Waals surface area contributed by atoms with Crippen LogP contribution in [0.3, 0.4) is 0 Å². The Bertz CT molecular complexity index is 856. The summed E-state index contributed by atoms with van der Waals surface area (Å²) in [6, 6.07) is 10.6. The summed E-state index contributed by atoms with van der Waals surface area (Å²) in [6.45, 7) is 0. The zero-order valence-electron chi connectivity index (χ0n) is 9.65. The molecule has 0 bridgehead atoms. The van der Waals surface area contributed by atoms with E-state index in [1.165, 1.54) is 12.3 Å². The summed E-state index contributed by atoms with van der Waals surface area (Å²) in [6.07, 6.45) is 1.26. The van der Waals surface area contributed by atoms with Crippen LogP contribution in [0.4, 0.5) is 5.13 Å². The Kier molecular flexibility index (Phi) is 2.72. The normalized spacial score (nSPS) is 11.8. The van der Waals surface area contributed by atoms with Crippen molar-refractivity contribution < 1.29 is 8.42 Å². The van der Waals surface area contributed by atoms with Gasteiger partial charge < -0.3 is 5.73 Å². The summed E-state index contributed by atoms with van der Waals surface area (Å²) in [5.41, 5.74) is 6.11. The minimum absolute atomic E-state index is 0.00912. The smallest absolute Gasteiger partial charge is 0.234 e. The third-order valence-electron chi connectivity index (χ3n) is 2.62. The first-order valence-corrected chi connectivity index (χ1v) is 7.69. The Morgan fingerprint density at radius 1 is 1.11 bits per heavy atom. The largest absolute Gasteiger partial charge is 0.375 e. The molecule has 0 aliphatic rings. The first kappa shape index (κ1) is 12.1. The average Bonchev–Trinajstić information content (AvgIpc) is 2.85. The molecule has 0 spiro atoms. The van der Waals surface area contributed by atoms with Crippen molar-refractivity contribution in [2.75, 3.05) is 5.73 Å². The van der Waals surface area contributed by atoms with Crippen LogP contribution in [-0.4, -0.2) is 18.4 Å². The number of nitrogens with two attached hydrogens (primary N) is 1. The molecule has 3 rings (SSSR count). The highest BCUT2D eigenvalue weighted by Crippen LogP contribution is 2.27. The molecule has 19 heavy (non-hydrogen) atoms. The topological polar surface area (TPSA) is 85.9 Å². The number of nitrogen functional groups attached to an aromatic ring is 1. The highest BCUT2D eigenvalue weighted by Gasteiger charge is 2.22. The molecule has 2 heterocycles. The van der Waals surface area contributed by atoms with Crippen LogP contribution in [0.15, 0.2) is 51.8 Å². The molecular weight excluding hydrogens is 282 g/mol. The summed E-state index contributed by atoms with van der Waals surface area (Å²) in [5, 5.41) is 1.12. The molecule has 0 radical (unpaired) electrons. The molecule has 3 aromatic rings. The highest BCUT2D eigenvalue weighted by atomic mass is 32.2. The maximum Gasteiger partial charge on any atom is 0.234 e. The van der Waals surface area contributed by atoms with Gasteiger partial charge in [-0.05, 0) is 18.2 Å². The van der Waals surface area contributed by atoms with Gasteiger partial charge in [0, 0.05) is 5.39 Å². The van der Waals surface area contributed by atoms with Crippen molar-refractivity contribution in [3.8, 4) is 0 Å². The second-order valence-electron chi connectivity index (χ2n) is 3.86. The zero-order valence-corrected chi connectivity index (χ0v) is 11.3. The number of fused-ring (bicyclic) bond motifs is 1. The zero-order chi connectivity index (χ0) is 13.5. The molecule has 96 valence electrons. The van der Waals surface area contributed by atoms with E-state index in [0.717, 1.165) is 16.7 Å². The molecule has 1 aromatic carbocycles. The van der Waals surface area contributed by atoms with Gasteiger partial charge in [0.25, 0.3) is 0 Å². The lowest BCUT2D eigenvalue weighted by atomic mass is 10.2. The standard InChI is InChI=1S/C12H9N3O2S2/c13-12-14-7-11(18-12)19(16,17)10-6-5-8-3-1-2-4-9(8)15-10/h1-7H,(H2,13,14). The molecule has 0 fully saturated rings. The molecular formula is C12H9N3O2S2. The van der Waals surface area contributed by atoms with Crippen LogP contribution >= 0.6 is 11.3 Å². The van der Waals surface area contributed by atoms with Gasteiger partial charge in [0.2, 0.25) is 9.84 Å². The molecule has 0 atom stereocenters. The first-order valence-electron chi connectivity index (χ1n) is 5.39. The van der Waals surface area contributed by atoms with E-state index >= 15 is 0 Å². The Morgan fingerprint density at radius 3 is 2.63 bits per heavy atom. The summed E-state index contributed by atoms with van der Waals surface area (Å²) < 4.78 is 24.8. The van der Waals surface area contributed by atoms with Crippen molar-refractivity contribution in [2.45, 2.75) is 9.24 Å². The SMILES string of the molecule is Nc1ncc(S(=O)(=O)c2ccc3ccccc3n2)s1. The minimum Gasteiger partial charge on any atom is -0.375 e. The number of thiazole rings is 1. The number of para-hydroxylation sites is 1.